The molecular weight excluding hydrogens is 822 g/mol. The van der Waals surface area contributed by atoms with Crippen LogP contribution in [0.3, 0.4) is 0 Å². The molecule has 2 aromatic heterocycles. The Labute approximate surface area is 368 Å². The number of hydrogen-bond donors (Lipinski definition) is 10. The number of rotatable bonds is 10. The zero-order chi connectivity index (χ0) is 46.4. The first-order chi connectivity index (χ1) is 28.6. The van der Waals surface area contributed by atoms with E-state index < -0.39 is 69.7 Å². The lowest BCUT2D eigenvalue weighted by atomic mass is 9.56. The summed E-state index contributed by atoms with van der Waals surface area (Å²) in [6.45, 7) is 23.7. The summed E-state index contributed by atoms with van der Waals surface area (Å²) in [5.41, 5.74) is 4.67. The molecule has 0 aliphatic rings. The minimum Gasteiger partial charge on any atom is -0.395 e. The highest BCUT2D eigenvalue weighted by molar-refractivity contribution is 7.53. The van der Waals surface area contributed by atoms with Crippen LogP contribution < -0.4 is 0 Å². The largest absolute Gasteiger partial charge is 0.395 e. The molecule has 336 valence electrons. The van der Waals surface area contributed by atoms with Crippen molar-refractivity contribution in [2.24, 2.45) is 5.41 Å². The number of aliphatic hydroxyl groups excluding tert-OH is 3. The summed E-state index contributed by atoms with van der Waals surface area (Å²) in [6.07, 6.45) is 0. The molecule has 0 atom stereocenters. The summed E-state index contributed by atoms with van der Waals surface area (Å²) in [5.74, 6) is 0. The lowest BCUT2D eigenvalue weighted by molar-refractivity contribution is -0.138. The number of aromatic nitrogens is 2. The molecule has 0 unspecified atom stereocenters. The molecule has 6 aromatic rings. The summed E-state index contributed by atoms with van der Waals surface area (Å²) >= 11 is 0. The van der Waals surface area contributed by atoms with Crippen LogP contribution in [0.25, 0.3) is 44.3 Å². The minimum atomic E-state index is -2.61. The number of aliphatic hydroxyl groups is 4. The van der Waals surface area contributed by atoms with Crippen molar-refractivity contribution in [3.8, 4) is 22.5 Å². The number of H-pyrrole nitrogens is 2. The topological polar surface area (TPSA) is 203 Å². The summed E-state index contributed by atoms with van der Waals surface area (Å²) in [6, 6.07) is 29.4. The molecule has 0 saturated carbocycles. The van der Waals surface area contributed by atoms with Gasteiger partial charge in [0.15, 0.2) is 0 Å². The van der Waals surface area contributed by atoms with Crippen molar-refractivity contribution in [2.45, 2.75) is 110 Å². The van der Waals surface area contributed by atoms with Crippen LogP contribution >= 0.6 is 17.2 Å². The second-order valence-electron chi connectivity index (χ2n) is 20.5. The van der Waals surface area contributed by atoms with Crippen molar-refractivity contribution in [1.29, 1.82) is 0 Å². The summed E-state index contributed by atoms with van der Waals surface area (Å²) < 4.78 is 3.60. The Balaban J connectivity index is 0.000000955. The van der Waals surface area contributed by atoms with Gasteiger partial charge < -0.3 is 50.0 Å². The van der Waals surface area contributed by atoms with E-state index in [0.717, 1.165) is 66.6 Å². The van der Waals surface area contributed by atoms with Crippen LogP contribution in [0, 0.1) is 5.41 Å². The quantitative estimate of drug-likeness (QED) is 0.0594. The summed E-state index contributed by atoms with van der Waals surface area (Å²) in [7, 11) is -5.22. The van der Waals surface area contributed by atoms with Gasteiger partial charge in [-0.05, 0) is 115 Å². The predicted molar refractivity (Wildman–Crippen MR) is 253 cm³/mol. The number of aromatic amines is 2. The molecule has 0 radical (unpaired) electrons. The van der Waals surface area contributed by atoms with E-state index in [-0.39, 0.29) is 0 Å². The van der Waals surface area contributed by atoms with Gasteiger partial charge in [-0.2, -0.15) is 0 Å². The molecule has 0 saturated heterocycles. The Hall–Kier alpha value is -3.54. The first-order valence-electron chi connectivity index (χ1n) is 20.8. The lowest BCUT2D eigenvalue weighted by Gasteiger charge is -2.52. The second kappa shape index (κ2) is 18.1. The number of benzene rings is 4. The molecule has 11 nitrogen and oxygen atoms in total. The fraction of sp³-hybridized carbons (Fsp3) is 0.429. The number of nitrogens with one attached hydrogen (secondary N) is 2. The van der Waals surface area contributed by atoms with Gasteiger partial charge in [-0.1, -0.05) is 119 Å². The Bertz CT molecular complexity index is 2190. The molecule has 62 heavy (non-hydrogen) atoms. The van der Waals surface area contributed by atoms with E-state index in [1.807, 2.05) is 24.3 Å². The molecule has 0 fully saturated rings. The van der Waals surface area contributed by atoms with Gasteiger partial charge in [0.2, 0.25) is 0 Å². The Morgan fingerprint density at radius 1 is 0.468 bits per heavy atom. The average Bonchev–Trinajstić information content (AvgIpc) is 3.81. The summed E-state index contributed by atoms with van der Waals surface area (Å²) in [4.78, 5) is 38.5. The van der Waals surface area contributed by atoms with E-state index in [4.69, 9.17) is 19.6 Å². The second-order valence-corrected chi connectivity index (χ2v) is 22.1. The third-order valence-electron chi connectivity index (χ3n) is 11.7. The highest BCUT2D eigenvalue weighted by Gasteiger charge is 2.58. The third kappa shape index (κ3) is 9.90. The highest BCUT2D eigenvalue weighted by atomic mass is 31.2. The Kier molecular flexibility index (Phi) is 14.5. The fourth-order valence-corrected chi connectivity index (χ4v) is 8.94. The first-order valence-corrected chi connectivity index (χ1v) is 23.1. The number of fused-ring (bicyclic) bond motifs is 2. The number of para-hydroxylation sites is 2. The van der Waals surface area contributed by atoms with Gasteiger partial charge in [-0.15, -0.1) is 0 Å². The maximum Gasteiger partial charge on any atom is 0.334 e. The van der Waals surface area contributed by atoms with Crippen molar-refractivity contribution in [3.05, 3.63) is 118 Å². The normalized spacial score (nSPS) is 13.4. The maximum absolute atomic E-state index is 14.5. The van der Waals surface area contributed by atoms with E-state index in [1.165, 1.54) is 0 Å². The minimum absolute atomic E-state index is 0.522. The average molecular weight is 889 g/mol. The summed E-state index contributed by atoms with van der Waals surface area (Å²) in [5, 5.41) is 51.3. The predicted octanol–water partition coefficient (Wildman–Crippen LogP) is 9.80. The van der Waals surface area contributed by atoms with E-state index >= 15 is 0 Å². The molecule has 10 N–H and O–H groups in total. The molecule has 6 rings (SSSR count). The van der Waals surface area contributed by atoms with Gasteiger partial charge in [-0.3, -0.25) is 0 Å². The van der Waals surface area contributed by atoms with Crippen molar-refractivity contribution < 1.29 is 44.3 Å². The van der Waals surface area contributed by atoms with Crippen molar-refractivity contribution in [3.63, 3.8) is 0 Å². The van der Waals surface area contributed by atoms with Gasteiger partial charge in [0.25, 0.3) is 0 Å². The van der Waals surface area contributed by atoms with Crippen molar-refractivity contribution in [2.75, 3.05) is 19.8 Å². The molecule has 0 spiro atoms. The van der Waals surface area contributed by atoms with E-state index in [9.17, 15) is 20.4 Å². The van der Waals surface area contributed by atoms with Gasteiger partial charge in [-0.25, -0.2) is 4.31 Å². The smallest absolute Gasteiger partial charge is 0.334 e. The zero-order valence-corrected chi connectivity index (χ0v) is 39.9. The van der Waals surface area contributed by atoms with Crippen LogP contribution in [-0.4, -0.2) is 69.8 Å². The molecule has 0 amide bonds. The van der Waals surface area contributed by atoms with Gasteiger partial charge >= 0.3 is 17.2 Å². The fourth-order valence-electron chi connectivity index (χ4n) is 8.41. The van der Waals surface area contributed by atoms with Gasteiger partial charge in [0, 0.05) is 33.2 Å². The van der Waals surface area contributed by atoms with Crippen LogP contribution in [-0.2, 0) is 31.6 Å². The van der Waals surface area contributed by atoms with Crippen LogP contribution in [0.1, 0.15) is 116 Å². The van der Waals surface area contributed by atoms with Gasteiger partial charge in [0.1, 0.15) is 5.60 Å². The van der Waals surface area contributed by atoms with Crippen LogP contribution in [0.4, 0.5) is 0 Å². The molecular formula is C49H66N2O9P2. The highest BCUT2D eigenvalue weighted by Crippen LogP contribution is 2.57. The third-order valence-corrected chi connectivity index (χ3v) is 12.9. The van der Waals surface area contributed by atoms with E-state index in [1.54, 1.807) is 0 Å². The van der Waals surface area contributed by atoms with Crippen LogP contribution in [0.5, 0.6) is 0 Å². The maximum atomic E-state index is 14.5. The first kappa shape index (κ1) is 49.5. The number of hydrogen-bond acceptors (Lipinski definition) is 9. The molecule has 13 heteroatoms. The molecule has 0 aliphatic heterocycles. The SMILES string of the molecule is CC(C)(C)c1cc(-c2cc3ccccc3[nH]2)cc(C(C)(C)C)c1C(O)(c1c(C(C)(C)C)cc(-c2cc3ccccc3[nH]2)cc1C(C)(C)C)C(CO)(CO)CO.OP(O)OP(O)O. The van der Waals surface area contributed by atoms with Gasteiger partial charge in [0.05, 0.1) is 25.2 Å². The van der Waals surface area contributed by atoms with Crippen molar-refractivity contribution >= 4 is 39.0 Å². The molecule has 0 bridgehead atoms. The van der Waals surface area contributed by atoms with E-state index in [2.05, 4.69) is 158 Å². The zero-order valence-electron chi connectivity index (χ0n) is 38.1. The Morgan fingerprint density at radius 3 is 0.984 bits per heavy atom. The van der Waals surface area contributed by atoms with Crippen LogP contribution in [0.15, 0.2) is 84.9 Å². The van der Waals surface area contributed by atoms with Crippen molar-refractivity contribution in [1.82, 2.24) is 9.97 Å². The lowest BCUT2D eigenvalue weighted by Crippen LogP contribution is -2.57. The Morgan fingerprint density at radius 2 is 0.758 bits per heavy atom. The molecule has 4 aromatic carbocycles. The molecule has 2 heterocycles. The van der Waals surface area contributed by atoms with Crippen LogP contribution in [0.2, 0.25) is 0 Å². The standard InChI is InChI=1S/C49H62N2O4.H4O5P2/c1-44(2,3)34-21-32(40-25-30-17-13-15-19-38(30)50-40)22-35(45(4,5)6)42(34)49(55,48(27-52,28-53)29-54)43-36(46(7,8)9)23-33(24-37(43)47(10,11)12)41-26-31-18-14-16-20-39(31)51-41;1-6(2)5-7(3)4/h13-26,50-55H,27-29H2,1-12H3;1-4H. The van der Waals surface area contributed by atoms with E-state index in [0.29, 0.717) is 11.1 Å². The molecule has 0 aliphatic carbocycles. The monoisotopic (exact) mass is 888 g/mol.